The van der Waals surface area contributed by atoms with Crippen molar-refractivity contribution < 1.29 is 33.8 Å². The number of benzene rings is 2. The van der Waals surface area contributed by atoms with Gasteiger partial charge in [-0.2, -0.15) is 0 Å². The molecule has 0 aromatic heterocycles. The molecule has 0 spiro atoms. The summed E-state index contributed by atoms with van der Waals surface area (Å²) >= 11 is 20.8. The lowest BCUT2D eigenvalue weighted by Crippen LogP contribution is -2.60. The van der Waals surface area contributed by atoms with Crippen molar-refractivity contribution in [2.75, 3.05) is 26.2 Å². The van der Waals surface area contributed by atoms with E-state index in [4.69, 9.17) is 44.3 Å². The number of nitrogens with zero attached hydrogens (tertiary/aromatic N) is 2. The summed E-state index contributed by atoms with van der Waals surface area (Å²) in [4.78, 5) is 53.4. The first kappa shape index (κ1) is 28.8. The number of hydrogen-bond donors (Lipinski definition) is 1. The Labute approximate surface area is 256 Å². The molecular formula is C30H27Cl3N2O7. The normalized spacial score (nSPS) is 32.0. The number of likely N-dealkylation sites (tertiary alicyclic amines) is 1. The number of carbonyl (C=O) groups excluding carboxylic acids is 4. The van der Waals surface area contributed by atoms with Crippen LogP contribution < -0.4 is 14.4 Å². The van der Waals surface area contributed by atoms with Crippen molar-refractivity contribution in [3.05, 3.63) is 58.1 Å². The van der Waals surface area contributed by atoms with Crippen molar-refractivity contribution in [1.82, 2.24) is 4.90 Å². The number of fused-ring (bicyclic) bond motifs is 4. The standard InChI is InChI=1S/C30H27Cl3N2O7/c1-13-5-6-14(9-19(13)31)35-25(37)17-8-7-16-18(22(17)26(35)38)12-29(32)27(39)34(2)28(40)30(29,33)24(16)23-20(41-3)10-15(36)11-21(23)42-4/h5-7,9-11,17-18,22,24,36H,8,12H2,1-4H3. The highest BCUT2D eigenvalue weighted by Crippen LogP contribution is 2.67. The third kappa shape index (κ3) is 3.56. The summed E-state index contributed by atoms with van der Waals surface area (Å²) in [5, 5.41) is 10.8. The number of phenols is 1. The molecule has 2 aliphatic heterocycles. The maximum absolute atomic E-state index is 14.1. The second-order valence-electron chi connectivity index (χ2n) is 11.2. The van der Waals surface area contributed by atoms with Crippen LogP contribution in [0.25, 0.3) is 0 Å². The van der Waals surface area contributed by atoms with Gasteiger partial charge in [-0.3, -0.25) is 24.1 Å². The van der Waals surface area contributed by atoms with Gasteiger partial charge in [-0.15, -0.1) is 23.2 Å². The van der Waals surface area contributed by atoms with Crippen LogP contribution in [0.2, 0.25) is 5.02 Å². The second kappa shape index (κ2) is 9.62. The molecule has 12 heteroatoms. The molecule has 2 aromatic rings. The summed E-state index contributed by atoms with van der Waals surface area (Å²) in [6.45, 7) is 1.82. The minimum Gasteiger partial charge on any atom is -0.508 e. The number of amides is 4. The van der Waals surface area contributed by atoms with Crippen LogP contribution >= 0.6 is 34.8 Å². The second-order valence-corrected chi connectivity index (χ2v) is 12.9. The number of carbonyl (C=O) groups is 4. The van der Waals surface area contributed by atoms with E-state index in [1.54, 1.807) is 18.2 Å². The summed E-state index contributed by atoms with van der Waals surface area (Å²) < 4.78 is 11.2. The summed E-state index contributed by atoms with van der Waals surface area (Å²) in [5.41, 5.74) is 2.02. The fourth-order valence-corrected chi connectivity index (χ4v) is 8.42. The van der Waals surface area contributed by atoms with Crippen molar-refractivity contribution in [3.63, 3.8) is 0 Å². The summed E-state index contributed by atoms with van der Waals surface area (Å²) in [6.07, 6.45) is 1.85. The van der Waals surface area contributed by atoms with Gasteiger partial charge in [-0.25, -0.2) is 4.90 Å². The van der Waals surface area contributed by atoms with Crippen LogP contribution in [-0.4, -0.2) is 64.7 Å². The van der Waals surface area contributed by atoms with Crippen molar-refractivity contribution in [2.45, 2.75) is 35.4 Å². The smallest absolute Gasteiger partial charge is 0.253 e. The number of aromatic hydroxyl groups is 1. The third-order valence-corrected chi connectivity index (χ3v) is 11.1. The molecule has 3 fully saturated rings. The van der Waals surface area contributed by atoms with Crippen LogP contribution in [0.15, 0.2) is 42.0 Å². The van der Waals surface area contributed by atoms with E-state index < -0.39 is 51.1 Å². The van der Waals surface area contributed by atoms with Crippen LogP contribution in [0, 0.1) is 24.7 Å². The molecule has 1 saturated carbocycles. The molecule has 2 saturated heterocycles. The lowest BCUT2D eigenvalue weighted by atomic mass is 9.56. The van der Waals surface area contributed by atoms with E-state index in [0.717, 1.165) is 15.4 Å². The Morgan fingerprint density at radius 1 is 0.952 bits per heavy atom. The maximum Gasteiger partial charge on any atom is 0.253 e. The predicted molar refractivity (Wildman–Crippen MR) is 155 cm³/mol. The van der Waals surface area contributed by atoms with Crippen molar-refractivity contribution >= 4 is 64.1 Å². The highest BCUT2D eigenvalue weighted by Gasteiger charge is 2.76. The molecule has 2 heterocycles. The van der Waals surface area contributed by atoms with E-state index >= 15 is 0 Å². The number of rotatable bonds is 4. The molecular weight excluding hydrogens is 607 g/mol. The monoisotopic (exact) mass is 632 g/mol. The topological polar surface area (TPSA) is 113 Å². The average molecular weight is 634 g/mol. The number of hydrogen-bond acceptors (Lipinski definition) is 7. The molecule has 0 radical (unpaired) electrons. The molecule has 4 aliphatic rings. The van der Waals surface area contributed by atoms with E-state index in [-0.39, 0.29) is 36.0 Å². The van der Waals surface area contributed by atoms with E-state index in [1.165, 1.54) is 33.4 Å². The molecule has 4 amide bonds. The lowest BCUT2D eigenvalue weighted by Gasteiger charge is -2.51. The summed E-state index contributed by atoms with van der Waals surface area (Å²) in [7, 11) is 4.08. The zero-order valence-corrected chi connectivity index (χ0v) is 25.4. The molecule has 6 unspecified atom stereocenters. The van der Waals surface area contributed by atoms with Gasteiger partial charge in [0.25, 0.3) is 11.8 Å². The van der Waals surface area contributed by atoms with Crippen LogP contribution in [0.1, 0.15) is 29.9 Å². The molecule has 6 rings (SSSR count). The van der Waals surface area contributed by atoms with Gasteiger partial charge in [-0.05, 0) is 43.4 Å². The van der Waals surface area contributed by atoms with Crippen molar-refractivity contribution in [1.29, 1.82) is 0 Å². The van der Waals surface area contributed by atoms with Gasteiger partial charge < -0.3 is 14.6 Å². The number of phenolic OH excluding ortho intramolecular Hbond substituents is 1. The van der Waals surface area contributed by atoms with E-state index in [1.807, 2.05) is 13.0 Å². The number of alkyl halides is 2. The van der Waals surface area contributed by atoms with Gasteiger partial charge in [0.1, 0.15) is 17.2 Å². The minimum atomic E-state index is -2.02. The molecule has 42 heavy (non-hydrogen) atoms. The Morgan fingerprint density at radius 2 is 1.60 bits per heavy atom. The van der Waals surface area contributed by atoms with Crippen LogP contribution in [-0.2, 0) is 19.2 Å². The fraction of sp³-hybridized carbons (Fsp3) is 0.400. The largest absolute Gasteiger partial charge is 0.508 e. The van der Waals surface area contributed by atoms with Crippen LogP contribution in [0.5, 0.6) is 17.2 Å². The van der Waals surface area contributed by atoms with Crippen molar-refractivity contribution in [3.8, 4) is 17.2 Å². The highest BCUT2D eigenvalue weighted by atomic mass is 35.5. The molecule has 1 N–H and O–H groups in total. The molecule has 0 bridgehead atoms. The Hall–Kier alpha value is -3.27. The first-order valence-corrected chi connectivity index (χ1v) is 14.4. The van der Waals surface area contributed by atoms with Gasteiger partial charge in [0.15, 0.2) is 9.75 Å². The third-order valence-electron chi connectivity index (χ3n) is 9.25. The SMILES string of the molecule is COc1cc(O)cc(OC)c1C1C2=CCC3C(=O)N(c4ccc(C)c(Cl)c4)C(=O)C3C2CC2(Cl)C(=O)N(C)C(=O)C12Cl. The highest BCUT2D eigenvalue weighted by molar-refractivity contribution is 6.53. The minimum absolute atomic E-state index is 0.152. The Kier molecular flexibility index (Phi) is 6.61. The van der Waals surface area contributed by atoms with Gasteiger partial charge in [0.2, 0.25) is 11.8 Å². The number of halogens is 3. The molecule has 2 aliphatic carbocycles. The van der Waals surface area contributed by atoms with E-state index in [0.29, 0.717) is 21.8 Å². The Balaban J connectivity index is 1.56. The average Bonchev–Trinajstić information content (AvgIpc) is 3.29. The van der Waals surface area contributed by atoms with Crippen LogP contribution in [0.3, 0.4) is 0 Å². The Morgan fingerprint density at radius 3 is 2.19 bits per heavy atom. The molecule has 9 nitrogen and oxygen atoms in total. The zero-order chi connectivity index (χ0) is 30.5. The fourth-order valence-electron chi connectivity index (χ4n) is 7.25. The number of allylic oxidation sites excluding steroid dienone is 2. The van der Waals surface area contributed by atoms with Gasteiger partial charge in [0.05, 0.1) is 31.7 Å². The molecule has 220 valence electrons. The van der Waals surface area contributed by atoms with E-state index in [9.17, 15) is 24.3 Å². The Bertz CT molecular complexity index is 1600. The lowest BCUT2D eigenvalue weighted by molar-refractivity contribution is -0.138. The van der Waals surface area contributed by atoms with Crippen molar-refractivity contribution in [2.24, 2.45) is 17.8 Å². The molecule has 2 aromatic carbocycles. The summed E-state index contributed by atoms with van der Waals surface area (Å²) in [6, 6.07) is 7.68. The quantitative estimate of drug-likeness (QED) is 0.298. The summed E-state index contributed by atoms with van der Waals surface area (Å²) in [5.74, 6) is -5.52. The van der Waals surface area contributed by atoms with Gasteiger partial charge in [-0.1, -0.05) is 29.3 Å². The first-order valence-electron chi connectivity index (χ1n) is 13.3. The van der Waals surface area contributed by atoms with Gasteiger partial charge >= 0.3 is 0 Å². The molecule has 6 atom stereocenters. The van der Waals surface area contributed by atoms with Crippen LogP contribution in [0.4, 0.5) is 5.69 Å². The van der Waals surface area contributed by atoms with E-state index in [2.05, 4.69) is 0 Å². The predicted octanol–water partition coefficient (Wildman–Crippen LogP) is 4.56. The number of aryl methyl sites for hydroxylation is 1. The first-order chi connectivity index (χ1) is 19.8. The zero-order valence-electron chi connectivity index (χ0n) is 23.1. The number of imide groups is 2. The maximum atomic E-state index is 14.1. The number of ether oxygens (including phenoxy) is 2. The number of anilines is 1. The van der Waals surface area contributed by atoms with Gasteiger partial charge in [0, 0.05) is 35.7 Å². The number of methoxy groups -OCH3 is 2.